The van der Waals surface area contributed by atoms with Crippen molar-refractivity contribution in [2.24, 2.45) is 0 Å². The van der Waals surface area contributed by atoms with Crippen molar-refractivity contribution in [3.8, 4) is 0 Å². The summed E-state index contributed by atoms with van der Waals surface area (Å²) >= 11 is 0. The molecule has 1 N–H and O–H groups in total. The van der Waals surface area contributed by atoms with Crippen molar-refractivity contribution in [3.63, 3.8) is 0 Å². The molecule has 1 atom stereocenters. The van der Waals surface area contributed by atoms with Crippen molar-refractivity contribution in [2.75, 3.05) is 25.0 Å². The van der Waals surface area contributed by atoms with Gasteiger partial charge in [0, 0.05) is 54.9 Å². The highest BCUT2D eigenvalue weighted by Crippen LogP contribution is 2.25. The number of aromatic amines is 1. The van der Waals surface area contributed by atoms with Crippen LogP contribution in [0.2, 0.25) is 0 Å². The Bertz CT molecular complexity index is 622. The Morgan fingerprint density at radius 2 is 1.87 bits per heavy atom. The Labute approximate surface area is 137 Å². The first-order valence-corrected chi connectivity index (χ1v) is 8.34. The summed E-state index contributed by atoms with van der Waals surface area (Å²) in [6.07, 6.45) is 6.40. The van der Waals surface area contributed by atoms with Crippen molar-refractivity contribution in [1.29, 1.82) is 0 Å². The Hall–Kier alpha value is -1.95. The van der Waals surface area contributed by atoms with E-state index in [9.17, 15) is 0 Å². The van der Waals surface area contributed by atoms with Gasteiger partial charge in [0.25, 0.3) is 0 Å². The van der Waals surface area contributed by atoms with Crippen LogP contribution in [-0.4, -0.2) is 45.2 Å². The molecule has 0 radical (unpaired) electrons. The minimum atomic E-state index is 0.298. The number of rotatable bonds is 5. The van der Waals surface area contributed by atoms with Gasteiger partial charge in [-0.15, -0.1) is 0 Å². The lowest BCUT2D eigenvalue weighted by Gasteiger charge is -2.25. The van der Waals surface area contributed by atoms with E-state index in [4.69, 9.17) is 0 Å². The third kappa shape index (κ3) is 3.37. The van der Waals surface area contributed by atoms with Gasteiger partial charge in [-0.2, -0.15) is 5.10 Å². The lowest BCUT2D eigenvalue weighted by molar-refractivity contribution is 0.251. The van der Waals surface area contributed by atoms with Crippen LogP contribution in [0.25, 0.3) is 0 Å². The predicted molar refractivity (Wildman–Crippen MR) is 91.4 cm³/mol. The largest absolute Gasteiger partial charge is 0.341 e. The molecule has 0 aromatic carbocycles. The first kappa shape index (κ1) is 15.9. The van der Waals surface area contributed by atoms with Crippen molar-refractivity contribution in [3.05, 3.63) is 34.9 Å². The molecule has 3 rings (SSSR count). The summed E-state index contributed by atoms with van der Waals surface area (Å²) in [7, 11) is 2.13. The Morgan fingerprint density at radius 1 is 1.22 bits per heavy atom. The van der Waals surface area contributed by atoms with E-state index in [1.807, 2.05) is 12.4 Å². The topological polar surface area (TPSA) is 60.9 Å². The number of aromatic nitrogens is 4. The van der Waals surface area contributed by atoms with Crippen LogP contribution in [0.3, 0.4) is 0 Å². The second-order valence-corrected chi connectivity index (χ2v) is 6.52. The lowest BCUT2D eigenvalue weighted by Crippen LogP contribution is -2.24. The number of nitrogens with zero attached hydrogens (tertiary/aromatic N) is 5. The maximum atomic E-state index is 4.54. The third-order valence-corrected chi connectivity index (χ3v) is 4.78. The molecule has 2 aromatic heterocycles. The molecule has 0 aliphatic carbocycles. The Kier molecular flexibility index (Phi) is 4.61. The molecule has 1 saturated heterocycles. The van der Waals surface area contributed by atoms with Crippen LogP contribution in [0.1, 0.15) is 48.3 Å². The maximum absolute atomic E-state index is 4.54. The normalized spacial score (nSPS) is 16.3. The molecule has 6 heteroatoms. The van der Waals surface area contributed by atoms with E-state index in [-0.39, 0.29) is 0 Å². The highest BCUT2D eigenvalue weighted by atomic mass is 15.3. The van der Waals surface area contributed by atoms with Gasteiger partial charge in [-0.05, 0) is 40.7 Å². The Balaban J connectivity index is 1.66. The van der Waals surface area contributed by atoms with E-state index in [1.165, 1.54) is 18.4 Å². The fourth-order valence-corrected chi connectivity index (χ4v) is 3.33. The molecule has 1 fully saturated rings. The minimum Gasteiger partial charge on any atom is -0.341 e. The van der Waals surface area contributed by atoms with E-state index < -0.39 is 0 Å². The number of hydrogen-bond donors (Lipinski definition) is 1. The number of hydrogen-bond acceptors (Lipinski definition) is 5. The molecule has 0 spiro atoms. The van der Waals surface area contributed by atoms with Crippen molar-refractivity contribution < 1.29 is 0 Å². The summed E-state index contributed by atoms with van der Waals surface area (Å²) in [6.45, 7) is 9.32. The van der Waals surface area contributed by atoms with Crippen LogP contribution in [0.4, 0.5) is 5.95 Å². The molecule has 2 aromatic rings. The van der Waals surface area contributed by atoms with Crippen molar-refractivity contribution in [2.45, 2.75) is 46.2 Å². The molecule has 1 unspecified atom stereocenters. The predicted octanol–water partition coefficient (Wildman–Crippen LogP) is 2.61. The molecule has 0 saturated carbocycles. The Morgan fingerprint density at radius 3 is 2.43 bits per heavy atom. The van der Waals surface area contributed by atoms with E-state index in [1.54, 1.807) is 0 Å². The molecular weight excluding hydrogens is 288 g/mol. The van der Waals surface area contributed by atoms with Crippen LogP contribution in [0.15, 0.2) is 12.4 Å². The summed E-state index contributed by atoms with van der Waals surface area (Å²) < 4.78 is 0. The van der Waals surface area contributed by atoms with Gasteiger partial charge in [0.2, 0.25) is 5.95 Å². The minimum absolute atomic E-state index is 0.298. The zero-order valence-electron chi connectivity index (χ0n) is 14.5. The molecule has 0 amide bonds. The molecule has 23 heavy (non-hydrogen) atoms. The second-order valence-electron chi connectivity index (χ2n) is 6.52. The monoisotopic (exact) mass is 314 g/mol. The standard InChI is InChI=1S/C17H26N6/c1-12-16(13(2)21-20-12)14(3)22(4)11-15-9-18-17(19-10-15)23-7-5-6-8-23/h9-10,14H,5-8,11H2,1-4H3,(H,20,21). The molecule has 6 nitrogen and oxygen atoms in total. The third-order valence-electron chi connectivity index (χ3n) is 4.78. The number of anilines is 1. The van der Waals surface area contributed by atoms with Gasteiger partial charge in [-0.3, -0.25) is 10.00 Å². The second kappa shape index (κ2) is 6.66. The van der Waals surface area contributed by atoms with Gasteiger partial charge in [0.1, 0.15) is 0 Å². The highest BCUT2D eigenvalue weighted by Gasteiger charge is 2.19. The van der Waals surface area contributed by atoms with Crippen molar-refractivity contribution >= 4 is 5.95 Å². The SMILES string of the molecule is Cc1n[nH]c(C)c1C(C)N(C)Cc1cnc(N2CCCC2)nc1. The van der Waals surface area contributed by atoms with E-state index in [2.05, 4.69) is 57.8 Å². The first-order chi connectivity index (χ1) is 11.1. The summed E-state index contributed by atoms with van der Waals surface area (Å²) in [5.41, 5.74) is 4.63. The summed E-state index contributed by atoms with van der Waals surface area (Å²) in [4.78, 5) is 13.6. The van der Waals surface area contributed by atoms with E-state index in [0.717, 1.165) is 42.5 Å². The molecular formula is C17H26N6. The summed E-state index contributed by atoms with van der Waals surface area (Å²) in [6, 6.07) is 0.298. The van der Waals surface area contributed by atoms with Gasteiger partial charge in [0.15, 0.2) is 0 Å². The molecule has 1 aliphatic rings. The van der Waals surface area contributed by atoms with Gasteiger partial charge in [-0.25, -0.2) is 9.97 Å². The number of nitrogens with one attached hydrogen (secondary N) is 1. The van der Waals surface area contributed by atoms with Crippen LogP contribution in [0, 0.1) is 13.8 Å². The maximum Gasteiger partial charge on any atom is 0.225 e. The zero-order valence-corrected chi connectivity index (χ0v) is 14.5. The number of H-pyrrole nitrogens is 1. The highest BCUT2D eigenvalue weighted by molar-refractivity contribution is 5.31. The van der Waals surface area contributed by atoms with Gasteiger partial charge < -0.3 is 4.90 Å². The summed E-state index contributed by atoms with van der Waals surface area (Å²) in [5.74, 6) is 0.864. The lowest BCUT2D eigenvalue weighted by atomic mass is 10.1. The van der Waals surface area contributed by atoms with Crippen LogP contribution in [-0.2, 0) is 6.54 Å². The van der Waals surface area contributed by atoms with Gasteiger partial charge in [-0.1, -0.05) is 0 Å². The number of aryl methyl sites for hydroxylation is 2. The fraction of sp³-hybridized carbons (Fsp3) is 0.588. The first-order valence-electron chi connectivity index (χ1n) is 8.34. The van der Waals surface area contributed by atoms with Crippen LogP contribution < -0.4 is 4.90 Å². The zero-order chi connectivity index (χ0) is 16.4. The van der Waals surface area contributed by atoms with Gasteiger partial charge >= 0.3 is 0 Å². The molecule has 3 heterocycles. The van der Waals surface area contributed by atoms with Crippen molar-refractivity contribution in [1.82, 2.24) is 25.1 Å². The van der Waals surface area contributed by atoms with E-state index >= 15 is 0 Å². The average molecular weight is 314 g/mol. The molecule has 1 aliphatic heterocycles. The van der Waals surface area contributed by atoms with E-state index in [0.29, 0.717) is 6.04 Å². The molecule has 0 bridgehead atoms. The quantitative estimate of drug-likeness (QED) is 0.919. The van der Waals surface area contributed by atoms with Gasteiger partial charge in [0.05, 0.1) is 5.69 Å². The molecule has 124 valence electrons. The van der Waals surface area contributed by atoms with Crippen LogP contribution >= 0.6 is 0 Å². The summed E-state index contributed by atoms with van der Waals surface area (Å²) in [5, 5.41) is 7.37. The fourth-order valence-electron chi connectivity index (χ4n) is 3.33. The smallest absolute Gasteiger partial charge is 0.225 e. The van der Waals surface area contributed by atoms with Crippen LogP contribution in [0.5, 0.6) is 0 Å². The average Bonchev–Trinajstić information content (AvgIpc) is 3.18.